The molecular weight excluding hydrogens is 297 g/mol. The molecule has 0 saturated carbocycles. The second-order valence-electron chi connectivity index (χ2n) is 4.68. The minimum Gasteiger partial charge on any atom is -0.381 e. The summed E-state index contributed by atoms with van der Waals surface area (Å²) in [6.45, 7) is -0.0779. The summed E-state index contributed by atoms with van der Waals surface area (Å²) in [6, 6.07) is 0. The van der Waals surface area contributed by atoms with Crippen molar-refractivity contribution in [3.63, 3.8) is 0 Å². The van der Waals surface area contributed by atoms with E-state index in [2.05, 4.69) is 5.32 Å². The van der Waals surface area contributed by atoms with Crippen molar-refractivity contribution in [3.05, 3.63) is 34.6 Å². The summed E-state index contributed by atoms with van der Waals surface area (Å²) in [4.78, 5) is 11.7. The van der Waals surface area contributed by atoms with Crippen molar-refractivity contribution in [2.45, 2.75) is 19.4 Å². The number of amides is 1. The molecule has 1 fully saturated rings. The zero-order valence-electron chi connectivity index (χ0n) is 10.8. The molecule has 1 N–H and O–H groups in total. The second kappa shape index (κ2) is 6.38. The van der Waals surface area contributed by atoms with Gasteiger partial charge in [0, 0.05) is 18.7 Å². The Bertz CT molecular complexity index is 529. The minimum absolute atomic E-state index is 0.170. The van der Waals surface area contributed by atoms with Crippen LogP contribution in [0.5, 0.6) is 0 Å². The molecule has 0 unspecified atom stereocenters. The first-order valence-corrected chi connectivity index (χ1v) is 6.29. The maximum absolute atomic E-state index is 13.4. The van der Waals surface area contributed by atoms with Crippen LogP contribution < -0.4 is 5.32 Å². The first-order valence-electron chi connectivity index (χ1n) is 6.29. The number of hydrogen-bond acceptors (Lipinski definition) is 2. The molecule has 2 rings (SSSR count). The minimum atomic E-state index is -2.22. The van der Waals surface area contributed by atoms with E-state index in [9.17, 15) is 26.7 Å². The van der Waals surface area contributed by atoms with Crippen LogP contribution in [0.15, 0.2) is 0 Å². The van der Waals surface area contributed by atoms with Crippen LogP contribution in [0.1, 0.15) is 18.4 Å². The fourth-order valence-electron chi connectivity index (χ4n) is 2.07. The third kappa shape index (κ3) is 3.15. The molecule has 116 valence electrons. The van der Waals surface area contributed by atoms with E-state index in [4.69, 9.17) is 4.74 Å². The molecule has 0 aliphatic carbocycles. The predicted octanol–water partition coefficient (Wildman–Crippen LogP) is 2.42. The lowest BCUT2D eigenvalue weighted by atomic mass is 10.0. The Hall–Kier alpha value is -1.70. The van der Waals surface area contributed by atoms with Gasteiger partial charge in [0.25, 0.3) is 0 Å². The highest BCUT2D eigenvalue weighted by Crippen LogP contribution is 2.23. The van der Waals surface area contributed by atoms with Crippen molar-refractivity contribution in [1.82, 2.24) is 5.32 Å². The Morgan fingerprint density at radius 1 is 1.05 bits per heavy atom. The van der Waals surface area contributed by atoms with Crippen LogP contribution in [0.25, 0.3) is 0 Å². The van der Waals surface area contributed by atoms with Gasteiger partial charge in [0.1, 0.15) is 0 Å². The van der Waals surface area contributed by atoms with Gasteiger partial charge in [-0.2, -0.15) is 0 Å². The maximum Gasteiger partial charge on any atom is 0.225 e. The molecule has 1 aromatic rings. The van der Waals surface area contributed by atoms with Gasteiger partial charge >= 0.3 is 0 Å². The topological polar surface area (TPSA) is 38.3 Å². The second-order valence-corrected chi connectivity index (χ2v) is 4.68. The van der Waals surface area contributed by atoms with Crippen LogP contribution in [0.2, 0.25) is 0 Å². The number of hydrogen-bond donors (Lipinski definition) is 1. The van der Waals surface area contributed by atoms with E-state index in [1.807, 2.05) is 0 Å². The first-order chi connectivity index (χ1) is 9.93. The van der Waals surface area contributed by atoms with Gasteiger partial charge in [0.05, 0.1) is 12.5 Å². The maximum atomic E-state index is 13.4. The molecule has 0 aromatic heterocycles. The summed E-state index contributed by atoms with van der Waals surface area (Å²) in [5.74, 6) is -11.2. The van der Waals surface area contributed by atoms with Crippen molar-refractivity contribution in [3.8, 4) is 0 Å². The van der Waals surface area contributed by atoms with Gasteiger partial charge in [-0.05, 0) is 12.8 Å². The molecule has 21 heavy (non-hydrogen) atoms. The van der Waals surface area contributed by atoms with Crippen molar-refractivity contribution >= 4 is 5.91 Å². The van der Waals surface area contributed by atoms with Crippen molar-refractivity contribution in [1.29, 1.82) is 0 Å². The Morgan fingerprint density at radius 2 is 1.62 bits per heavy atom. The third-order valence-corrected chi connectivity index (χ3v) is 3.27. The monoisotopic (exact) mass is 309 g/mol. The molecule has 1 amide bonds. The summed E-state index contributed by atoms with van der Waals surface area (Å²) >= 11 is 0. The lowest BCUT2D eigenvalue weighted by Gasteiger charge is -2.21. The van der Waals surface area contributed by atoms with Gasteiger partial charge in [-0.1, -0.05) is 0 Å². The predicted molar refractivity (Wildman–Crippen MR) is 61.6 cm³/mol. The summed E-state index contributed by atoms with van der Waals surface area (Å²) in [5.41, 5.74) is -1.06. The highest BCUT2D eigenvalue weighted by atomic mass is 19.2. The number of carbonyl (C=O) groups is 1. The summed E-state index contributed by atoms with van der Waals surface area (Å²) < 4.78 is 70.7. The van der Waals surface area contributed by atoms with Gasteiger partial charge < -0.3 is 10.1 Å². The van der Waals surface area contributed by atoms with E-state index in [1.54, 1.807) is 0 Å². The molecule has 1 saturated heterocycles. The fourth-order valence-corrected chi connectivity index (χ4v) is 2.07. The number of nitrogens with one attached hydrogen (secondary N) is 1. The molecule has 0 bridgehead atoms. The number of benzene rings is 1. The first kappa shape index (κ1) is 15.7. The van der Waals surface area contributed by atoms with E-state index in [-0.39, 0.29) is 6.61 Å². The lowest BCUT2D eigenvalue weighted by Crippen LogP contribution is -2.35. The smallest absolute Gasteiger partial charge is 0.225 e. The molecule has 1 heterocycles. The van der Waals surface area contributed by atoms with Gasteiger partial charge in [-0.3, -0.25) is 4.79 Å². The molecule has 1 aromatic carbocycles. The van der Waals surface area contributed by atoms with E-state index in [0.29, 0.717) is 19.4 Å². The zero-order chi connectivity index (χ0) is 15.6. The SMILES string of the molecule is O=C(NCc1c(F)c(F)c(F)c(F)c1F)[C@H]1CCCOC1. The lowest BCUT2D eigenvalue weighted by molar-refractivity contribution is -0.129. The number of halogens is 5. The van der Waals surface area contributed by atoms with Crippen molar-refractivity contribution in [2.24, 2.45) is 5.92 Å². The average molecular weight is 309 g/mol. The Balaban J connectivity index is 2.11. The Morgan fingerprint density at radius 3 is 2.14 bits per heavy atom. The highest BCUT2D eigenvalue weighted by Gasteiger charge is 2.27. The van der Waals surface area contributed by atoms with E-state index in [1.165, 1.54) is 0 Å². The van der Waals surface area contributed by atoms with Crippen LogP contribution in [0.3, 0.4) is 0 Å². The molecule has 1 aliphatic rings. The Labute approximate surface area is 117 Å². The van der Waals surface area contributed by atoms with E-state index >= 15 is 0 Å². The van der Waals surface area contributed by atoms with Gasteiger partial charge in [-0.15, -0.1) is 0 Å². The molecule has 8 heteroatoms. The third-order valence-electron chi connectivity index (χ3n) is 3.27. The van der Waals surface area contributed by atoms with E-state index in [0.717, 1.165) is 0 Å². The summed E-state index contributed by atoms with van der Waals surface area (Å²) in [6.07, 6.45) is 1.21. The molecule has 0 radical (unpaired) electrons. The zero-order valence-corrected chi connectivity index (χ0v) is 10.8. The summed E-state index contributed by atoms with van der Waals surface area (Å²) in [5, 5.41) is 2.17. The molecular formula is C13H12F5NO2. The van der Waals surface area contributed by atoms with Crippen molar-refractivity contribution in [2.75, 3.05) is 13.2 Å². The standard InChI is InChI=1S/C13H12F5NO2/c14-8-7(9(15)11(17)12(18)10(8)16)4-19-13(20)6-2-1-3-21-5-6/h6H,1-5H2,(H,19,20)/t6-/m0/s1. The normalized spacial score (nSPS) is 18.6. The fraction of sp³-hybridized carbons (Fsp3) is 0.462. The largest absolute Gasteiger partial charge is 0.381 e. The van der Waals surface area contributed by atoms with Crippen molar-refractivity contribution < 1.29 is 31.5 Å². The molecule has 0 spiro atoms. The molecule has 1 atom stereocenters. The van der Waals surface area contributed by atoms with Gasteiger partial charge in [-0.25, -0.2) is 22.0 Å². The van der Waals surface area contributed by atoms with Crippen LogP contribution in [-0.2, 0) is 16.1 Å². The quantitative estimate of drug-likeness (QED) is 0.529. The summed E-state index contributed by atoms with van der Waals surface area (Å²) in [7, 11) is 0. The number of carbonyl (C=O) groups excluding carboxylic acids is 1. The van der Waals surface area contributed by atoms with Crippen LogP contribution >= 0.6 is 0 Å². The molecule has 1 aliphatic heterocycles. The Kier molecular flexibility index (Phi) is 4.76. The van der Waals surface area contributed by atoms with Crippen LogP contribution in [0.4, 0.5) is 22.0 Å². The van der Waals surface area contributed by atoms with Gasteiger partial charge in [0.2, 0.25) is 11.7 Å². The van der Waals surface area contributed by atoms with Crippen LogP contribution in [0, 0.1) is 35.0 Å². The van der Waals surface area contributed by atoms with Gasteiger partial charge in [0.15, 0.2) is 23.3 Å². The number of ether oxygens (including phenoxy) is 1. The highest BCUT2D eigenvalue weighted by molar-refractivity contribution is 5.78. The molecule has 3 nitrogen and oxygen atoms in total. The van der Waals surface area contributed by atoms with Crippen LogP contribution in [-0.4, -0.2) is 19.1 Å². The average Bonchev–Trinajstić information content (AvgIpc) is 2.51. The van der Waals surface area contributed by atoms with E-state index < -0.39 is 53.0 Å². The number of rotatable bonds is 3.